The SMILES string of the molecule is COC(C(=O)O)=C(OC)c1cccc(CCC(C)C)c1OC.[Si]O[Si]O[Si]. The van der Waals surface area contributed by atoms with Gasteiger partial charge in [-0.2, -0.15) is 0 Å². The van der Waals surface area contributed by atoms with Crippen LogP contribution in [0.15, 0.2) is 24.0 Å². The van der Waals surface area contributed by atoms with E-state index in [1.165, 1.54) is 14.2 Å². The fraction of sp³-hybridized carbons (Fsp3) is 0.471. The van der Waals surface area contributed by atoms with Crippen molar-refractivity contribution >= 4 is 42.7 Å². The molecule has 0 atom stereocenters. The minimum absolute atomic E-state index is 0.0247. The molecular weight excluding hydrogens is 400 g/mol. The first-order valence-corrected chi connectivity index (χ1v) is 9.62. The van der Waals surface area contributed by atoms with Crippen molar-refractivity contribution < 1.29 is 32.3 Å². The second-order valence-electron chi connectivity index (χ2n) is 5.59. The highest BCUT2D eigenvalue weighted by molar-refractivity contribution is 6.33. The van der Waals surface area contributed by atoms with Crippen LogP contribution in [-0.2, 0) is 28.9 Å². The van der Waals surface area contributed by atoms with Gasteiger partial charge in [0.1, 0.15) is 5.75 Å². The molecule has 10 heteroatoms. The molecule has 0 aromatic heterocycles. The molecule has 1 rings (SSSR count). The number of ether oxygens (including phenoxy) is 3. The third-order valence-electron chi connectivity index (χ3n) is 3.43. The maximum absolute atomic E-state index is 11.3. The Bertz CT molecular complexity index is 604. The second kappa shape index (κ2) is 14.5. The molecule has 1 N–H and O–H groups in total. The smallest absolute Gasteiger partial charge is 0.409 e. The zero-order chi connectivity index (χ0) is 20.8. The Hall–Kier alpha value is -1.60. The standard InChI is InChI=1S/C17H24O5.O2Si3/c1-11(2)9-10-12-7-6-8-13(14(12)20-3)15(21-4)16(22-5)17(18)19;3-1-5-2-4/h6-8,11H,9-10H2,1-5H3,(H,18,19);. The van der Waals surface area contributed by atoms with E-state index in [0.717, 1.165) is 18.4 Å². The van der Waals surface area contributed by atoms with Gasteiger partial charge in [-0.15, -0.1) is 0 Å². The van der Waals surface area contributed by atoms with E-state index in [1.54, 1.807) is 13.2 Å². The quantitative estimate of drug-likeness (QED) is 0.350. The number of aryl methyl sites for hydroxylation is 1. The molecule has 0 aliphatic rings. The summed E-state index contributed by atoms with van der Waals surface area (Å²) < 4.78 is 24.2. The highest BCUT2D eigenvalue weighted by atomic mass is 28.3. The number of methoxy groups -OCH3 is 3. The maximum Gasteiger partial charge on any atom is 0.409 e. The molecule has 0 amide bonds. The Kier molecular flexibility index (Phi) is 13.6. The van der Waals surface area contributed by atoms with Gasteiger partial charge in [0.15, 0.2) is 5.76 Å². The minimum Gasteiger partial charge on any atom is -0.496 e. The van der Waals surface area contributed by atoms with Crippen molar-refractivity contribution in [3.05, 3.63) is 35.1 Å². The molecule has 7 nitrogen and oxygen atoms in total. The van der Waals surface area contributed by atoms with Gasteiger partial charge >= 0.3 is 16.0 Å². The lowest BCUT2D eigenvalue weighted by molar-refractivity contribution is -0.136. The van der Waals surface area contributed by atoms with Crippen molar-refractivity contribution in [2.45, 2.75) is 26.7 Å². The summed E-state index contributed by atoms with van der Waals surface area (Å²) in [6.45, 7) is 4.31. The Labute approximate surface area is 170 Å². The first-order chi connectivity index (χ1) is 12.9. The number of hydrogen-bond acceptors (Lipinski definition) is 6. The molecule has 0 spiro atoms. The van der Waals surface area contributed by atoms with Crippen LogP contribution in [0.5, 0.6) is 5.75 Å². The third kappa shape index (κ3) is 8.75. The number of carbonyl (C=O) groups is 1. The maximum atomic E-state index is 11.3. The van der Waals surface area contributed by atoms with Gasteiger partial charge in [-0.1, -0.05) is 26.0 Å². The normalized spacial score (nSPS) is 11.3. The van der Waals surface area contributed by atoms with Crippen molar-refractivity contribution in [2.24, 2.45) is 5.92 Å². The molecule has 146 valence electrons. The van der Waals surface area contributed by atoms with E-state index >= 15 is 0 Å². The molecule has 0 unspecified atom stereocenters. The Morgan fingerprint density at radius 1 is 1.15 bits per heavy atom. The van der Waals surface area contributed by atoms with Crippen LogP contribution in [0, 0.1) is 5.92 Å². The largest absolute Gasteiger partial charge is 0.496 e. The van der Waals surface area contributed by atoms with Gasteiger partial charge in [0.05, 0.1) is 26.9 Å². The van der Waals surface area contributed by atoms with Gasteiger partial charge in [-0.3, -0.25) is 0 Å². The van der Waals surface area contributed by atoms with E-state index in [4.69, 9.17) is 14.2 Å². The zero-order valence-corrected chi connectivity index (χ0v) is 19.1. The van der Waals surface area contributed by atoms with Crippen LogP contribution >= 0.6 is 0 Å². The highest BCUT2D eigenvalue weighted by Gasteiger charge is 2.22. The summed E-state index contributed by atoms with van der Waals surface area (Å²) in [6, 6.07) is 5.60. The summed E-state index contributed by atoms with van der Waals surface area (Å²) in [4.78, 5) is 11.3. The Balaban J connectivity index is 0.00000119. The van der Waals surface area contributed by atoms with E-state index in [2.05, 4.69) is 43.0 Å². The number of aliphatic carboxylic acids is 1. The van der Waals surface area contributed by atoms with Crippen LogP contribution in [0.1, 0.15) is 31.4 Å². The molecule has 0 bridgehead atoms. The van der Waals surface area contributed by atoms with Crippen LogP contribution in [0.4, 0.5) is 0 Å². The molecule has 1 aromatic rings. The van der Waals surface area contributed by atoms with Crippen LogP contribution in [0.25, 0.3) is 5.76 Å². The molecule has 0 heterocycles. The summed E-state index contributed by atoms with van der Waals surface area (Å²) in [6.07, 6.45) is 1.86. The van der Waals surface area contributed by atoms with Gasteiger partial charge in [0.25, 0.3) is 0 Å². The monoisotopic (exact) mass is 424 g/mol. The number of hydrogen-bond donors (Lipinski definition) is 1. The van der Waals surface area contributed by atoms with E-state index in [0.29, 0.717) is 17.2 Å². The average molecular weight is 425 g/mol. The zero-order valence-electron chi connectivity index (χ0n) is 16.1. The first kappa shape index (κ1) is 25.4. The van der Waals surface area contributed by atoms with Crippen molar-refractivity contribution in [1.82, 2.24) is 0 Å². The molecule has 0 saturated heterocycles. The third-order valence-corrected chi connectivity index (χ3v) is 4.10. The van der Waals surface area contributed by atoms with Crippen LogP contribution in [-0.4, -0.2) is 63.4 Å². The van der Waals surface area contributed by atoms with Crippen LogP contribution in [0.2, 0.25) is 0 Å². The van der Waals surface area contributed by atoms with Crippen molar-refractivity contribution in [1.29, 1.82) is 0 Å². The fourth-order valence-electron chi connectivity index (χ4n) is 2.27. The Morgan fingerprint density at radius 2 is 1.78 bits per heavy atom. The minimum atomic E-state index is -1.19. The molecular formula is C17H24O7Si3. The van der Waals surface area contributed by atoms with Gasteiger partial charge in [-0.25, -0.2) is 4.79 Å². The predicted molar refractivity (Wildman–Crippen MR) is 104 cm³/mol. The van der Waals surface area contributed by atoms with Crippen molar-refractivity contribution in [3.63, 3.8) is 0 Å². The number of carboxylic acid groups (broad SMARTS) is 1. The lowest BCUT2D eigenvalue weighted by Gasteiger charge is -2.17. The summed E-state index contributed by atoms with van der Waals surface area (Å²) in [5.41, 5.74) is 1.59. The highest BCUT2D eigenvalue weighted by Crippen LogP contribution is 2.33. The van der Waals surface area contributed by atoms with Crippen molar-refractivity contribution in [3.8, 4) is 5.75 Å². The van der Waals surface area contributed by atoms with E-state index < -0.39 is 5.97 Å². The first-order valence-electron chi connectivity index (χ1n) is 7.99. The van der Waals surface area contributed by atoms with E-state index in [1.807, 2.05) is 12.1 Å². The van der Waals surface area contributed by atoms with Gasteiger partial charge in [0, 0.05) is 0 Å². The average Bonchev–Trinajstić information content (AvgIpc) is 2.64. The van der Waals surface area contributed by atoms with Crippen LogP contribution in [0.3, 0.4) is 0 Å². The lowest BCUT2D eigenvalue weighted by Crippen LogP contribution is -2.09. The van der Waals surface area contributed by atoms with Gasteiger partial charge in [-0.05, 0) is 30.4 Å². The summed E-state index contributed by atoms with van der Waals surface area (Å²) in [5.74, 6) is -0.0933. The molecule has 0 aliphatic heterocycles. The number of carboxylic acids is 1. The lowest BCUT2D eigenvalue weighted by atomic mass is 9.99. The van der Waals surface area contributed by atoms with Crippen LogP contribution < -0.4 is 4.74 Å². The number of para-hydroxylation sites is 1. The molecule has 0 aliphatic carbocycles. The van der Waals surface area contributed by atoms with E-state index in [9.17, 15) is 9.90 Å². The topological polar surface area (TPSA) is 83.5 Å². The predicted octanol–water partition coefficient (Wildman–Crippen LogP) is 2.05. The van der Waals surface area contributed by atoms with Gasteiger partial charge in [0.2, 0.25) is 26.7 Å². The molecule has 27 heavy (non-hydrogen) atoms. The van der Waals surface area contributed by atoms with Gasteiger partial charge < -0.3 is 27.5 Å². The summed E-state index contributed by atoms with van der Waals surface area (Å²) in [7, 11) is 9.72. The molecule has 0 saturated carbocycles. The number of rotatable bonds is 10. The fourth-order valence-corrected chi connectivity index (χ4v) is 2.81. The Morgan fingerprint density at radius 3 is 2.15 bits per heavy atom. The summed E-state index contributed by atoms with van der Waals surface area (Å²) in [5, 5.41) is 9.24. The van der Waals surface area contributed by atoms with E-state index in [-0.39, 0.29) is 21.5 Å². The van der Waals surface area contributed by atoms with Crippen molar-refractivity contribution in [2.75, 3.05) is 21.3 Å². The summed E-state index contributed by atoms with van der Waals surface area (Å²) >= 11 is 0. The second-order valence-corrected chi connectivity index (χ2v) is 7.39. The molecule has 0 fully saturated rings. The molecule has 8 radical (unpaired) electrons. The number of benzene rings is 1. The molecule has 1 aromatic carbocycles.